The fourth-order valence-corrected chi connectivity index (χ4v) is 1.65. The Bertz CT molecular complexity index is 271. The molecule has 0 aliphatic carbocycles. The number of carbonyl (C=O) groups excluding carboxylic acids is 1. The molecule has 1 heterocycles. The summed E-state index contributed by atoms with van der Waals surface area (Å²) in [6.07, 6.45) is -5.54. The van der Waals surface area contributed by atoms with E-state index >= 15 is 0 Å². The molecule has 1 fully saturated rings. The van der Waals surface area contributed by atoms with Crippen LogP contribution in [0.5, 0.6) is 0 Å². The maximum atomic E-state index is 12.0. The average molecular weight is 254 g/mol. The van der Waals surface area contributed by atoms with Crippen molar-refractivity contribution in [2.24, 2.45) is 0 Å². The van der Waals surface area contributed by atoms with Gasteiger partial charge in [-0.1, -0.05) is 0 Å². The largest absolute Gasteiger partial charge is 0.390 e. The highest BCUT2D eigenvalue weighted by Crippen LogP contribution is 2.19. The zero-order chi connectivity index (χ0) is 13.1. The molecule has 0 bridgehead atoms. The van der Waals surface area contributed by atoms with Gasteiger partial charge in [-0.3, -0.25) is 4.79 Å². The molecule has 7 heteroatoms. The van der Waals surface area contributed by atoms with Crippen molar-refractivity contribution >= 4 is 5.91 Å². The van der Waals surface area contributed by atoms with E-state index in [-0.39, 0.29) is 18.6 Å². The van der Waals surface area contributed by atoms with Gasteiger partial charge in [0.2, 0.25) is 5.91 Å². The summed E-state index contributed by atoms with van der Waals surface area (Å²) in [4.78, 5) is 12.9. The van der Waals surface area contributed by atoms with Gasteiger partial charge in [0.25, 0.3) is 0 Å². The zero-order valence-electron chi connectivity index (χ0n) is 9.88. The summed E-state index contributed by atoms with van der Waals surface area (Å²) in [7, 11) is 1.37. The summed E-state index contributed by atoms with van der Waals surface area (Å²) in [6, 6.07) is -0.554. The van der Waals surface area contributed by atoms with Crippen LogP contribution in [0.4, 0.5) is 13.2 Å². The molecule has 17 heavy (non-hydrogen) atoms. The molecule has 1 aliphatic heterocycles. The number of hydrogen-bond acceptors (Lipinski definition) is 3. The summed E-state index contributed by atoms with van der Waals surface area (Å²) in [5.41, 5.74) is 0. The first-order chi connectivity index (χ1) is 7.81. The number of nitrogens with one attached hydrogen (secondary N) is 1. The Morgan fingerprint density at radius 1 is 1.53 bits per heavy atom. The van der Waals surface area contributed by atoms with E-state index in [0.29, 0.717) is 13.2 Å². The molecule has 1 saturated heterocycles. The molecule has 0 radical (unpaired) electrons. The highest BCUT2D eigenvalue weighted by atomic mass is 19.4. The molecule has 0 saturated carbocycles. The molecule has 1 rings (SSSR count). The molecule has 1 N–H and O–H groups in total. The Morgan fingerprint density at radius 3 is 2.71 bits per heavy atom. The van der Waals surface area contributed by atoms with Gasteiger partial charge in [0, 0.05) is 20.1 Å². The van der Waals surface area contributed by atoms with Gasteiger partial charge < -0.3 is 15.0 Å². The lowest BCUT2D eigenvalue weighted by Gasteiger charge is -2.32. The van der Waals surface area contributed by atoms with Crippen LogP contribution in [-0.4, -0.2) is 55.9 Å². The predicted molar refractivity (Wildman–Crippen MR) is 55.5 cm³/mol. The second-order valence-corrected chi connectivity index (χ2v) is 4.13. The Labute approximate surface area is 98.1 Å². The number of likely N-dealkylation sites (N-methyl/N-ethyl adjacent to an activating group) is 1. The number of halogens is 3. The topological polar surface area (TPSA) is 41.6 Å². The van der Waals surface area contributed by atoms with E-state index < -0.39 is 18.6 Å². The number of rotatable bonds is 3. The van der Waals surface area contributed by atoms with E-state index in [2.05, 4.69) is 5.32 Å². The molecule has 0 aromatic rings. The first kappa shape index (κ1) is 14.2. The van der Waals surface area contributed by atoms with Gasteiger partial charge in [0.1, 0.15) is 6.04 Å². The van der Waals surface area contributed by atoms with Crippen molar-refractivity contribution in [3.63, 3.8) is 0 Å². The lowest BCUT2D eigenvalue weighted by Crippen LogP contribution is -2.56. The van der Waals surface area contributed by atoms with Crippen LogP contribution < -0.4 is 5.32 Å². The molecule has 1 aliphatic rings. The monoisotopic (exact) mass is 254 g/mol. The Balaban J connectivity index is 2.45. The van der Waals surface area contributed by atoms with E-state index in [4.69, 9.17) is 4.74 Å². The smallest absolute Gasteiger partial charge is 0.375 e. The molecule has 100 valence electrons. The first-order valence-corrected chi connectivity index (χ1v) is 5.48. The number of carbonyl (C=O) groups is 1. The number of alkyl halides is 3. The van der Waals surface area contributed by atoms with Crippen LogP contribution in [0.25, 0.3) is 0 Å². The van der Waals surface area contributed by atoms with E-state index in [9.17, 15) is 18.0 Å². The highest BCUT2D eigenvalue weighted by Gasteiger charge is 2.33. The fourth-order valence-electron chi connectivity index (χ4n) is 1.65. The Hall–Kier alpha value is -0.820. The Kier molecular flexibility index (Phi) is 4.76. The van der Waals surface area contributed by atoms with Crippen LogP contribution in [-0.2, 0) is 9.53 Å². The molecule has 0 spiro atoms. The van der Waals surface area contributed by atoms with Gasteiger partial charge in [-0.15, -0.1) is 0 Å². The molecule has 4 nitrogen and oxygen atoms in total. The zero-order valence-corrected chi connectivity index (χ0v) is 9.88. The van der Waals surface area contributed by atoms with Crippen molar-refractivity contribution in [1.29, 1.82) is 0 Å². The van der Waals surface area contributed by atoms with Gasteiger partial charge in [0.15, 0.2) is 0 Å². The number of morpholine rings is 1. The Morgan fingerprint density at radius 2 is 2.18 bits per heavy atom. The summed E-state index contributed by atoms with van der Waals surface area (Å²) in [5.74, 6) is -0.360. The van der Waals surface area contributed by atoms with Crippen molar-refractivity contribution in [3.8, 4) is 0 Å². The molecule has 0 unspecified atom stereocenters. The van der Waals surface area contributed by atoms with Crippen molar-refractivity contribution in [2.75, 3.05) is 26.7 Å². The first-order valence-electron chi connectivity index (χ1n) is 5.48. The summed E-state index contributed by atoms with van der Waals surface area (Å²) in [6.45, 7) is 2.45. The van der Waals surface area contributed by atoms with Crippen LogP contribution in [0.15, 0.2) is 0 Å². The summed E-state index contributed by atoms with van der Waals surface area (Å²) in [5, 5.41) is 2.95. The summed E-state index contributed by atoms with van der Waals surface area (Å²) < 4.78 is 41.3. The summed E-state index contributed by atoms with van der Waals surface area (Å²) >= 11 is 0. The van der Waals surface area contributed by atoms with Crippen LogP contribution in [0.3, 0.4) is 0 Å². The minimum Gasteiger partial charge on any atom is -0.375 e. The van der Waals surface area contributed by atoms with Crippen molar-refractivity contribution in [3.05, 3.63) is 0 Å². The lowest BCUT2D eigenvalue weighted by atomic mass is 10.1. The van der Waals surface area contributed by atoms with E-state index in [1.165, 1.54) is 7.05 Å². The second-order valence-electron chi connectivity index (χ2n) is 4.13. The quantitative estimate of drug-likeness (QED) is 0.809. The third-order valence-electron chi connectivity index (χ3n) is 2.69. The molecular weight excluding hydrogens is 237 g/mol. The number of ether oxygens (including phenoxy) is 1. The van der Waals surface area contributed by atoms with Gasteiger partial charge in [0.05, 0.1) is 19.1 Å². The van der Waals surface area contributed by atoms with Crippen LogP contribution in [0, 0.1) is 0 Å². The van der Waals surface area contributed by atoms with Crippen molar-refractivity contribution in [1.82, 2.24) is 10.2 Å². The van der Waals surface area contributed by atoms with Crippen molar-refractivity contribution < 1.29 is 22.7 Å². The standard InChI is InChI=1S/C10H17F3N2O2/c1-7-8(14-4-6-17-7)9(16)15(2)5-3-10(11,12)13/h7-8,14H,3-6H2,1-2H3/t7-,8+/m1/s1. The molecule has 0 aromatic heterocycles. The SMILES string of the molecule is C[C@H]1OCCN[C@@H]1C(=O)N(C)CCC(F)(F)F. The fraction of sp³-hybridized carbons (Fsp3) is 0.900. The minimum atomic E-state index is -4.24. The number of nitrogens with zero attached hydrogens (tertiary/aromatic N) is 1. The second kappa shape index (κ2) is 5.68. The van der Waals surface area contributed by atoms with E-state index in [0.717, 1.165) is 4.90 Å². The molecule has 2 atom stereocenters. The van der Waals surface area contributed by atoms with Crippen LogP contribution in [0.2, 0.25) is 0 Å². The van der Waals surface area contributed by atoms with E-state index in [1.807, 2.05) is 0 Å². The maximum absolute atomic E-state index is 12.0. The highest BCUT2D eigenvalue weighted by molar-refractivity contribution is 5.82. The van der Waals surface area contributed by atoms with Gasteiger partial charge in [-0.2, -0.15) is 13.2 Å². The lowest BCUT2D eigenvalue weighted by molar-refractivity contribution is -0.148. The third kappa shape index (κ3) is 4.51. The van der Waals surface area contributed by atoms with Gasteiger partial charge >= 0.3 is 6.18 Å². The third-order valence-corrected chi connectivity index (χ3v) is 2.69. The molecule has 1 amide bonds. The van der Waals surface area contributed by atoms with E-state index in [1.54, 1.807) is 6.92 Å². The van der Waals surface area contributed by atoms with Crippen molar-refractivity contribution in [2.45, 2.75) is 31.7 Å². The number of hydrogen-bond donors (Lipinski definition) is 1. The average Bonchev–Trinajstić information content (AvgIpc) is 2.24. The predicted octanol–water partition coefficient (Wildman–Crippen LogP) is 0.774. The maximum Gasteiger partial charge on any atom is 0.390 e. The molecule has 0 aromatic carbocycles. The van der Waals surface area contributed by atoms with Gasteiger partial charge in [-0.05, 0) is 6.92 Å². The van der Waals surface area contributed by atoms with Crippen LogP contribution in [0.1, 0.15) is 13.3 Å². The normalized spacial score (nSPS) is 25.7. The van der Waals surface area contributed by atoms with Gasteiger partial charge in [-0.25, -0.2) is 0 Å². The molecular formula is C10H17F3N2O2. The van der Waals surface area contributed by atoms with Crippen LogP contribution >= 0.6 is 0 Å². The minimum absolute atomic E-state index is 0.315. The number of amides is 1.